The number of ether oxygens (including phenoxy) is 1. The average molecular weight is 276 g/mol. The third-order valence-corrected chi connectivity index (χ3v) is 3.00. The summed E-state index contributed by atoms with van der Waals surface area (Å²) in [6.45, 7) is 6.13. The van der Waals surface area contributed by atoms with Crippen molar-refractivity contribution in [2.75, 3.05) is 0 Å². The fraction of sp³-hybridized carbons (Fsp3) is 0.467. The van der Waals surface area contributed by atoms with Crippen LogP contribution in [0.1, 0.15) is 56.5 Å². The molecular formula is C15H20N2O3. The molecule has 1 aromatic carbocycles. The fourth-order valence-corrected chi connectivity index (χ4v) is 1.81. The van der Waals surface area contributed by atoms with Gasteiger partial charge in [-0.15, -0.1) is 0 Å². The first-order valence-electron chi connectivity index (χ1n) is 6.84. The molecule has 0 unspecified atom stereocenters. The third kappa shape index (κ3) is 3.36. The summed E-state index contributed by atoms with van der Waals surface area (Å²) < 4.78 is 10.8. The van der Waals surface area contributed by atoms with E-state index in [1.54, 1.807) is 0 Å². The van der Waals surface area contributed by atoms with Gasteiger partial charge < -0.3 is 14.4 Å². The predicted octanol–water partition coefficient (Wildman–Crippen LogP) is 3.22. The van der Waals surface area contributed by atoms with Crippen molar-refractivity contribution in [3.05, 3.63) is 41.5 Å². The lowest BCUT2D eigenvalue weighted by Gasteiger charge is -2.13. The van der Waals surface area contributed by atoms with E-state index in [-0.39, 0.29) is 12.5 Å². The summed E-state index contributed by atoms with van der Waals surface area (Å²) in [6, 6.07) is 7.44. The molecule has 0 aliphatic rings. The first-order chi connectivity index (χ1) is 9.61. The van der Waals surface area contributed by atoms with Gasteiger partial charge in [-0.2, -0.15) is 4.98 Å². The molecule has 1 N–H and O–H groups in total. The summed E-state index contributed by atoms with van der Waals surface area (Å²) in [7, 11) is 0. The molecule has 0 aliphatic carbocycles. The second kappa shape index (κ2) is 6.52. The van der Waals surface area contributed by atoms with Crippen molar-refractivity contribution in [1.82, 2.24) is 10.1 Å². The van der Waals surface area contributed by atoms with Crippen molar-refractivity contribution in [2.45, 2.75) is 45.8 Å². The number of para-hydroxylation sites is 1. The second-order valence-electron chi connectivity index (χ2n) is 4.95. The highest BCUT2D eigenvalue weighted by Crippen LogP contribution is 2.27. The molecule has 0 amide bonds. The van der Waals surface area contributed by atoms with E-state index in [4.69, 9.17) is 9.26 Å². The first kappa shape index (κ1) is 14.5. The Balaban J connectivity index is 2.06. The van der Waals surface area contributed by atoms with E-state index < -0.39 is 6.10 Å². The number of benzene rings is 1. The van der Waals surface area contributed by atoms with Gasteiger partial charge in [-0.25, -0.2) is 0 Å². The molecule has 5 nitrogen and oxygen atoms in total. The highest BCUT2D eigenvalue weighted by molar-refractivity contribution is 5.35. The Kier molecular flexibility index (Phi) is 4.74. The topological polar surface area (TPSA) is 68.4 Å². The standard InChI is InChI=1S/C15H20N2O3/c1-4-12(18)11-7-5-6-8-13(11)19-9-14-16-15(10(2)3)20-17-14/h5-8,10,12,18H,4,9H2,1-3H3/t12-/m1/s1. The third-order valence-electron chi connectivity index (χ3n) is 3.00. The summed E-state index contributed by atoms with van der Waals surface area (Å²) in [5, 5.41) is 13.8. The molecule has 1 heterocycles. The van der Waals surface area contributed by atoms with Crippen molar-refractivity contribution < 1.29 is 14.4 Å². The lowest BCUT2D eigenvalue weighted by atomic mass is 10.1. The Morgan fingerprint density at radius 3 is 2.70 bits per heavy atom. The molecule has 0 spiro atoms. The minimum atomic E-state index is -0.525. The minimum absolute atomic E-state index is 0.199. The van der Waals surface area contributed by atoms with Crippen LogP contribution in [0, 0.1) is 0 Å². The molecular weight excluding hydrogens is 256 g/mol. The van der Waals surface area contributed by atoms with Crippen molar-refractivity contribution in [1.29, 1.82) is 0 Å². The molecule has 108 valence electrons. The monoisotopic (exact) mass is 276 g/mol. The van der Waals surface area contributed by atoms with Gasteiger partial charge >= 0.3 is 0 Å². The summed E-state index contributed by atoms with van der Waals surface area (Å²) in [5.41, 5.74) is 0.780. The Hall–Kier alpha value is -1.88. The molecule has 0 saturated heterocycles. The number of nitrogens with zero attached hydrogens (tertiary/aromatic N) is 2. The molecule has 1 aromatic heterocycles. The van der Waals surface area contributed by atoms with E-state index in [2.05, 4.69) is 10.1 Å². The lowest BCUT2D eigenvalue weighted by Crippen LogP contribution is -2.03. The van der Waals surface area contributed by atoms with Gasteiger partial charge in [0.2, 0.25) is 11.7 Å². The van der Waals surface area contributed by atoms with Gasteiger partial charge in [-0.05, 0) is 12.5 Å². The zero-order valence-electron chi connectivity index (χ0n) is 12.0. The van der Waals surface area contributed by atoms with Gasteiger partial charge in [0.15, 0.2) is 6.61 Å². The van der Waals surface area contributed by atoms with Gasteiger partial charge in [0.25, 0.3) is 0 Å². The molecule has 0 fully saturated rings. The zero-order chi connectivity index (χ0) is 14.5. The summed E-state index contributed by atoms with van der Waals surface area (Å²) in [6.07, 6.45) is 0.114. The number of hydrogen-bond donors (Lipinski definition) is 1. The van der Waals surface area contributed by atoms with Crippen LogP contribution in [0.25, 0.3) is 0 Å². The molecule has 0 bridgehead atoms. The van der Waals surface area contributed by atoms with Crippen LogP contribution in [0.5, 0.6) is 5.75 Å². The summed E-state index contributed by atoms with van der Waals surface area (Å²) >= 11 is 0. The fourth-order valence-electron chi connectivity index (χ4n) is 1.81. The Morgan fingerprint density at radius 1 is 1.30 bits per heavy atom. The van der Waals surface area contributed by atoms with Crippen LogP contribution in [0.4, 0.5) is 0 Å². The molecule has 1 atom stereocenters. The maximum atomic E-state index is 9.95. The minimum Gasteiger partial charge on any atom is -0.485 e. The highest BCUT2D eigenvalue weighted by atomic mass is 16.5. The predicted molar refractivity (Wildman–Crippen MR) is 74.4 cm³/mol. The quantitative estimate of drug-likeness (QED) is 0.877. The van der Waals surface area contributed by atoms with Crippen LogP contribution in [0.3, 0.4) is 0 Å². The number of aliphatic hydroxyl groups excluding tert-OH is 1. The number of aliphatic hydroxyl groups is 1. The van der Waals surface area contributed by atoms with Crippen molar-refractivity contribution >= 4 is 0 Å². The van der Waals surface area contributed by atoms with Gasteiger partial charge in [-0.1, -0.05) is 44.1 Å². The largest absolute Gasteiger partial charge is 0.485 e. The summed E-state index contributed by atoms with van der Waals surface area (Å²) in [4.78, 5) is 4.25. The number of hydrogen-bond acceptors (Lipinski definition) is 5. The van der Waals surface area contributed by atoms with Crippen LogP contribution >= 0.6 is 0 Å². The lowest BCUT2D eigenvalue weighted by molar-refractivity contribution is 0.165. The van der Waals surface area contributed by atoms with Crippen molar-refractivity contribution in [2.24, 2.45) is 0 Å². The van der Waals surface area contributed by atoms with E-state index in [9.17, 15) is 5.11 Å². The first-order valence-corrected chi connectivity index (χ1v) is 6.84. The number of aromatic nitrogens is 2. The SMILES string of the molecule is CC[C@@H](O)c1ccccc1OCc1noc(C(C)C)n1. The van der Waals surface area contributed by atoms with Crippen LogP contribution in [-0.4, -0.2) is 15.2 Å². The van der Waals surface area contributed by atoms with Crippen LogP contribution in [0.15, 0.2) is 28.8 Å². The molecule has 20 heavy (non-hydrogen) atoms. The zero-order valence-corrected chi connectivity index (χ0v) is 12.0. The van der Waals surface area contributed by atoms with Crippen LogP contribution < -0.4 is 4.74 Å². The van der Waals surface area contributed by atoms with Gasteiger partial charge in [-0.3, -0.25) is 0 Å². The molecule has 0 radical (unpaired) electrons. The Morgan fingerprint density at radius 2 is 2.05 bits per heavy atom. The molecule has 0 saturated carbocycles. The number of rotatable bonds is 6. The van der Waals surface area contributed by atoms with E-state index in [1.807, 2.05) is 45.0 Å². The van der Waals surface area contributed by atoms with Gasteiger partial charge in [0.1, 0.15) is 5.75 Å². The maximum absolute atomic E-state index is 9.95. The molecule has 2 aromatic rings. The normalized spacial score (nSPS) is 12.7. The van der Waals surface area contributed by atoms with Crippen LogP contribution in [0.2, 0.25) is 0 Å². The average Bonchev–Trinajstić information content (AvgIpc) is 2.93. The maximum Gasteiger partial charge on any atom is 0.229 e. The van der Waals surface area contributed by atoms with E-state index >= 15 is 0 Å². The molecule has 0 aliphatic heterocycles. The van der Waals surface area contributed by atoms with Crippen LogP contribution in [-0.2, 0) is 6.61 Å². The molecule has 5 heteroatoms. The van der Waals surface area contributed by atoms with E-state index in [1.165, 1.54) is 0 Å². The van der Waals surface area contributed by atoms with Crippen molar-refractivity contribution in [3.8, 4) is 5.75 Å². The molecule has 2 rings (SSSR count). The van der Waals surface area contributed by atoms with E-state index in [0.717, 1.165) is 5.56 Å². The second-order valence-corrected chi connectivity index (χ2v) is 4.95. The van der Waals surface area contributed by atoms with Crippen molar-refractivity contribution in [3.63, 3.8) is 0 Å². The highest BCUT2D eigenvalue weighted by Gasteiger charge is 2.13. The van der Waals surface area contributed by atoms with Gasteiger partial charge in [0.05, 0.1) is 6.10 Å². The summed E-state index contributed by atoms with van der Waals surface area (Å²) in [5.74, 6) is 1.96. The Bertz CT molecular complexity index is 552. The smallest absolute Gasteiger partial charge is 0.229 e. The van der Waals surface area contributed by atoms with E-state index in [0.29, 0.717) is 23.9 Å². The Labute approximate surface area is 118 Å². The van der Waals surface area contributed by atoms with Gasteiger partial charge in [0, 0.05) is 11.5 Å².